The summed E-state index contributed by atoms with van der Waals surface area (Å²) in [5, 5.41) is 13.6. The van der Waals surface area contributed by atoms with Crippen molar-refractivity contribution >= 4 is 17.6 Å². The number of carbonyl (C=O) groups is 2. The van der Waals surface area contributed by atoms with Crippen molar-refractivity contribution < 1.29 is 24.3 Å². The zero-order valence-corrected chi connectivity index (χ0v) is 15.4. The number of rotatable bonds is 9. The van der Waals surface area contributed by atoms with E-state index in [9.17, 15) is 9.59 Å². The lowest BCUT2D eigenvalue weighted by Gasteiger charge is -2.24. The first-order valence-corrected chi connectivity index (χ1v) is 8.57. The number of hydroxylamine groups is 1. The molecule has 0 radical (unpaired) electrons. The molecule has 6 N–H and O–H groups in total. The van der Waals surface area contributed by atoms with Gasteiger partial charge in [-0.25, -0.2) is 10.3 Å². The quantitative estimate of drug-likeness (QED) is 0.324. The summed E-state index contributed by atoms with van der Waals surface area (Å²) in [5.41, 5.74) is 8.92. The summed E-state index contributed by atoms with van der Waals surface area (Å²) in [4.78, 5) is 23.8. The molecule has 28 heavy (non-hydrogen) atoms. The molecule has 0 spiro atoms. The van der Waals surface area contributed by atoms with Gasteiger partial charge in [0.25, 0.3) is 5.91 Å². The highest BCUT2D eigenvalue weighted by Crippen LogP contribution is 2.14. The predicted octanol–water partition coefficient (Wildman–Crippen LogP) is 1.23. The molecule has 2 unspecified atom stereocenters. The number of hydrogen-bond acceptors (Lipinski definition) is 6. The van der Waals surface area contributed by atoms with Crippen LogP contribution in [0, 0.1) is 0 Å². The van der Waals surface area contributed by atoms with Gasteiger partial charge in [-0.3, -0.25) is 10.0 Å². The molecule has 0 heterocycles. The molecular formula is C19H24N4O5. The Morgan fingerprint density at radius 2 is 1.79 bits per heavy atom. The maximum atomic E-state index is 12.7. The number of urea groups is 1. The van der Waals surface area contributed by atoms with Crippen molar-refractivity contribution in [3.63, 3.8) is 0 Å². The van der Waals surface area contributed by atoms with Gasteiger partial charge in [-0.1, -0.05) is 30.3 Å². The van der Waals surface area contributed by atoms with Crippen LogP contribution in [-0.2, 0) is 16.1 Å². The third kappa shape index (κ3) is 6.54. The molecule has 2 aromatic rings. The summed E-state index contributed by atoms with van der Waals surface area (Å²) in [6, 6.07) is 14.4. The largest absolute Gasteiger partial charge is 0.497 e. The molecule has 2 atom stereocenters. The first kappa shape index (κ1) is 21.2. The lowest BCUT2D eigenvalue weighted by molar-refractivity contribution is -0.129. The van der Waals surface area contributed by atoms with Crippen molar-refractivity contribution in [2.45, 2.75) is 18.8 Å². The normalized spacial score (nSPS) is 12.5. The third-order valence-corrected chi connectivity index (χ3v) is 3.88. The molecule has 0 saturated carbocycles. The fraction of sp³-hybridized carbons (Fsp3) is 0.263. The predicted molar refractivity (Wildman–Crippen MR) is 103 cm³/mol. The summed E-state index contributed by atoms with van der Waals surface area (Å²) in [6.45, 7) is 0.0542. The average Bonchev–Trinajstić information content (AvgIpc) is 2.73. The molecule has 0 fully saturated rings. The molecule has 9 nitrogen and oxygen atoms in total. The van der Waals surface area contributed by atoms with Gasteiger partial charge in [-0.15, -0.1) is 0 Å². The number of anilines is 1. The van der Waals surface area contributed by atoms with Gasteiger partial charge in [0.15, 0.2) is 6.10 Å². The highest BCUT2D eigenvalue weighted by Gasteiger charge is 2.27. The van der Waals surface area contributed by atoms with E-state index < -0.39 is 24.1 Å². The summed E-state index contributed by atoms with van der Waals surface area (Å²) in [7, 11) is 1.57. The van der Waals surface area contributed by atoms with Crippen molar-refractivity contribution in [1.29, 1.82) is 0 Å². The van der Waals surface area contributed by atoms with Crippen molar-refractivity contribution in [1.82, 2.24) is 10.8 Å². The molecule has 0 aliphatic heterocycles. The SMILES string of the molecule is COc1ccc(COC(C(=O)Nc2ccccc2)C(N)CNC(=O)NO)cc1. The number of ether oxygens (including phenoxy) is 2. The number of nitrogens with two attached hydrogens (primary N) is 1. The highest BCUT2D eigenvalue weighted by molar-refractivity contribution is 5.94. The van der Waals surface area contributed by atoms with E-state index in [0.29, 0.717) is 11.4 Å². The monoisotopic (exact) mass is 388 g/mol. The number of hydrogen-bond donors (Lipinski definition) is 5. The van der Waals surface area contributed by atoms with Crippen LogP contribution in [0.4, 0.5) is 10.5 Å². The second-order valence-corrected chi connectivity index (χ2v) is 5.92. The van der Waals surface area contributed by atoms with Crippen LogP contribution in [0.1, 0.15) is 5.56 Å². The summed E-state index contributed by atoms with van der Waals surface area (Å²) in [6.07, 6.45) is -1.04. The maximum Gasteiger partial charge on any atom is 0.338 e. The Bertz CT molecular complexity index is 755. The van der Waals surface area contributed by atoms with E-state index >= 15 is 0 Å². The van der Waals surface area contributed by atoms with E-state index in [-0.39, 0.29) is 13.2 Å². The molecule has 0 aromatic heterocycles. The summed E-state index contributed by atoms with van der Waals surface area (Å²) >= 11 is 0. The van der Waals surface area contributed by atoms with Gasteiger partial charge in [0.05, 0.1) is 19.8 Å². The van der Waals surface area contributed by atoms with Crippen molar-refractivity contribution in [2.24, 2.45) is 5.73 Å². The van der Waals surface area contributed by atoms with E-state index in [1.807, 2.05) is 18.2 Å². The Morgan fingerprint density at radius 3 is 2.39 bits per heavy atom. The minimum atomic E-state index is -1.04. The molecule has 2 aromatic carbocycles. The summed E-state index contributed by atoms with van der Waals surface area (Å²) < 4.78 is 10.9. The van der Waals surface area contributed by atoms with Crippen LogP contribution >= 0.6 is 0 Å². The summed E-state index contributed by atoms with van der Waals surface area (Å²) in [5.74, 6) is 0.261. The Labute approximate surface area is 162 Å². The van der Waals surface area contributed by atoms with Gasteiger partial charge < -0.3 is 25.8 Å². The first-order valence-electron chi connectivity index (χ1n) is 8.57. The second-order valence-electron chi connectivity index (χ2n) is 5.92. The molecule has 2 rings (SSSR count). The van der Waals surface area contributed by atoms with Crippen LogP contribution in [-0.4, -0.2) is 42.9 Å². The molecule has 9 heteroatoms. The van der Waals surface area contributed by atoms with Crippen LogP contribution < -0.4 is 26.6 Å². The van der Waals surface area contributed by atoms with Crippen LogP contribution in [0.2, 0.25) is 0 Å². The molecular weight excluding hydrogens is 364 g/mol. The fourth-order valence-corrected chi connectivity index (χ4v) is 2.39. The molecule has 3 amide bonds. The number of methoxy groups -OCH3 is 1. The van der Waals surface area contributed by atoms with Crippen LogP contribution in [0.25, 0.3) is 0 Å². The number of amides is 3. The number of nitrogens with one attached hydrogen (secondary N) is 3. The zero-order chi connectivity index (χ0) is 20.4. The molecule has 0 bridgehead atoms. The van der Waals surface area contributed by atoms with E-state index in [2.05, 4.69) is 10.6 Å². The fourth-order valence-electron chi connectivity index (χ4n) is 2.39. The molecule has 150 valence electrons. The Morgan fingerprint density at radius 1 is 1.11 bits per heavy atom. The van der Waals surface area contributed by atoms with Crippen LogP contribution in [0.15, 0.2) is 54.6 Å². The van der Waals surface area contributed by atoms with Crippen LogP contribution in [0.5, 0.6) is 5.75 Å². The van der Waals surface area contributed by atoms with Gasteiger partial charge in [0, 0.05) is 12.2 Å². The lowest BCUT2D eigenvalue weighted by Crippen LogP contribution is -2.52. The minimum Gasteiger partial charge on any atom is -0.497 e. The highest BCUT2D eigenvalue weighted by atomic mass is 16.5. The van der Waals surface area contributed by atoms with E-state index in [1.165, 1.54) is 5.48 Å². The van der Waals surface area contributed by atoms with E-state index in [0.717, 1.165) is 5.56 Å². The van der Waals surface area contributed by atoms with E-state index in [4.69, 9.17) is 20.4 Å². The van der Waals surface area contributed by atoms with E-state index in [1.54, 1.807) is 43.5 Å². The smallest absolute Gasteiger partial charge is 0.338 e. The van der Waals surface area contributed by atoms with Crippen molar-refractivity contribution in [3.05, 3.63) is 60.2 Å². The number of para-hydroxylation sites is 1. The van der Waals surface area contributed by atoms with Crippen molar-refractivity contribution in [2.75, 3.05) is 19.0 Å². The lowest BCUT2D eigenvalue weighted by atomic mass is 10.1. The zero-order valence-electron chi connectivity index (χ0n) is 15.4. The maximum absolute atomic E-state index is 12.7. The number of benzene rings is 2. The van der Waals surface area contributed by atoms with Gasteiger partial charge in [-0.05, 0) is 29.8 Å². The Hall–Kier alpha value is -3.14. The Balaban J connectivity index is 2.05. The molecule has 0 aliphatic carbocycles. The van der Waals surface area contributed by atoms with Gasteiger partial charge in [-0.2, -0.15) is 0 Å². The van der Waals surface area contributed by atoms with Crippen LogP contribution in [0.3, 0.4) is 0 Å². The Kier molecular flexibility index (Phi) is 8.22. The second kappa shape index (κ2) is 10.9. The minimum absolute atomic E-state index is 0.0815. The van der Waals surface area contributed by atoms with Gasteiger partial charge in [0.2, 0.25) is 0 Å². The standard InChI is InChI=1S/C19H24N4O5/c1-27-15-9-7-13(8-10-15)12-28-17(16(20)11-21-19(25)23-26)18(24)22-14-5-3-2-4-6-14/h2-10,16-17,26H,11-12,20H2,1H3,(H,22,24)(H2,21,23,25). The van der Waals surface area contributed by atoms with Gasteiger partial charge in [0.1, 0.15) is 5.75 Å². The molecule has 0 saturated heterocycles. The average molecular weight is 388 g/mol. The first-order chi connectivity index (χ1) is 13.5. The number of carbonyl (C=O) groups excluding carboxylic acids is 2. The van der Waals surface area contributed by atoms with Crippen molar-refractivity contribution in [3.8, 4) is 5.75 Å². The topological polar surface area (TPSA) is 135 Å². The molecule has 0 aliphatic rings. The van der Waals surface area contributed by atoms with Gasteiger partial charge >= 0.3 is 6.03 Å². The third-order valence-electron chi connectivity index (χ3n) is 3.88.